The largest absolute Gasteiger partial charge is 0.481 e. The molecule has 6 nitrogen and oxygen atoms in total. The molecule has 2 unspecified atom stereocenters. The average Bonchev–Trinajstić information content (AvgIpc) is 2.71. The molecule has 1 amide bonds. The molecule has 3 saturated heterocycles. The van der Waals surface area contributed by atoms with Crippen LogP contribution < -0.4 is 5.32 Å². The Morgan fingerprint density at radius 1 is 1.10 bits per heavy atom. The van der Waals surface area contributed by atoms with Gasteiger partial charge in [0, 0.05) is 44.7 Å². The van der Waals surface area contributed by atoms with Crippen LogP contribution in [0.2, 0.25) is 0 Å². The SMILES string of the molecule is O=C(O)CC1CC2CCC(C1)N2C(=O)CN1CCNCC1. The smallest absolute Gasteiger partial charge is 0.303 e. The van der Waals surface area contributed by atoms with Gasteiger partial charge in [-0.3, -0.25) is 14.5 Å². The molecule has 2 bridgehead atoms. The van der Waals surface area contributed by atoms with Gasteiger partial charge in [0.25, 0.3) is 0 Å². The normalized spacial score (nSPS) is 33.1. The highest BCUT2D eigenvalue weighted by molar-refractivity contribution is 5.79. The van der Waals surface area contributed by atoms with Crippen LogP contribution in [-0.4, -0.2) is 71.6 Å². The van der Waals surface area contributed by atoms with E-state index in [0.29, 0.717) is 6.54 Å². The number of fused-ring (bicyclic) bond motifs is 2. The Hall–Kier alpha value is -1.14. The van der Waals surface area contributed by atoms with Crippen LogP contribution in [0.15, 0.2) is 0 Å². The molecule has 0 aromatic rings. The number of rotatable bonds is 4. The molecule has 2 N–H and O–H groups in total. The zero-order chi connectivity index (χ0) is 14.8. The second-order valence-electron chi connectivity index (χ2n) is 6.65. The molecule has 3 aliphatic heterocycles. The molecule has 118 valence electrons. The second-order valence-corrected chi connectivity index (χ2v) is 6.65. The molecule has 0 saturated carbocycles. The lowest BCUT2D eigenvalue weighted by Gasteiger charge is -2.40. The number of hydrogen-bond donors (Lipinski definition) is 2. The molecule has 3 rings (SSSR count). The third-order valence-electron chi connectivity index (χ3n) is 5.15. The second kappa shape index (κ2) is 6.32. The van der Waals surface area contributed by atoms with E-state index < -0.39 is 5.97 Å². The lowest BCUT2D eigenvalue weighted by Crippen LogP contribution is -2.53. The van der Waals surface area contributed by atoms with E-state index in [1.807, 2.05) is 0 Å². The summed E-state index contributed by atoms with van der Waals surface area (Å²) >= 11 is 0. The number of carboxylic acids is 1. The number of nitrogens with zero attached hydrogens (tertiary/aromatic N) is 2. The van der Waals surface area contributed by atoms with Gasteiger partial charge < -0.3 is 15.3 Å². The summed E-state index contributed by atoms with van der Waals surface area (Å²) in [4.78, 5) is 27.8. The summed E-state index contributed by atoms with van der Waals surface area (Å²) < 4.78 is 0. The van der Waals surface area contributed by atoms with E-state index in [0.717, 1.165) is 51.9 Å². The fourth-order valence-electron chi connectivity index (χ4n) is 4.25. The van der Waals surface area contributed by atoms with E-state index in [4.69, 9.17) is 5.11 Å². The van der Waals surface area contributed by atoms with Gasteiger partial charge in [0.2, 0.25) is 5.91 Å². The first-order chi connectivity index (χ1) is 10.1. The van der Waals surface area contributed by atoms with Crippen LogP contribution >= 0.6 is 0 Å². The summed E-state index contributed by atoms with van der Waals surface area (Å²) in [6.45, 7) is 4.33. The summed E-state index contributed by atoms with van der Waals surface area (Å²) in [5.41, 5.74) is 0. The number of aliphatic carboxylic acids is 1. The molecule has 2 atom stereocenters. The molecule has 0 aromatic carbocycles. The third-order valence-corrected chi connectivity index (χ3v) is 5.15. The number of nitrogens with one attached hydrogen (secondary N) is 1. The van der Waals surface area contributed by atoms with Gasteiger partial charge in [0.15, 0.2) is 0 Å². The van der Waals surface area contributed by atoms with E-state index in [2.05, 4.69) is 15.1 Å². The zero-order valence-electron chi connectivity index (χ0n) is 12.5. The molecule has 0 aliphatic carbocycles. The lowest BCUT2D eigenvalue weighted by molar-refractivity contribution is -0.140. The third kappa shape index (κ3) is 3.37. The topological polar surface area (TPSA) is 72.9 Å². The standard InChI is InChI=1S/C15H25N3O3/c19-14(10-17-5-3-16-4-6-17)18-12-1-2-13(18)8-11(7-12)9-15(20)21/h11-13,16H,1-10H2,(H,20,21). The molecule has 3 aliphatic rings. The van der Waals surface area contributed by atoms with Crippen molar-refractivity contribution in [1.29, 1.82) is 0 Å². The minimum Gasteiger partial charge on any atom is -0.481 e. The summed E-state index contributed by atoms with van der Waals surface area (Å²) in [5.74, 6) is -0.207. The van der Waals surface area contributed by atoms with Crippen LogP contribution in [0.25, 0.3) is 0 Å². The summed E-state index contributed by atoms with van der Waals surface area (Å²) in [5, 5.41) is 12.3. The van der Waals surface area contributed by atoms with Crippen molar-refractivity contribution < 1.29 is 14.7 Å². The van der Waals surface area contributed by atoms with Gasteiger partial charge in [-0.15, -0.1) is 0 Å². The molecular weight excluding hydrogens is 270 g/mol. The number of hydrogen-bond acceptors (Lipinski definition) is 4. The van der Waals surface area contributed by atoms with Crippen molar-refractivity contribution in [3.05, 3.63) is 0 Å². The van der Waals surface area contributed by atoms with Crippen molar-refractivity contribution in [3.8, 4) is 0 Å². The molecule has 6 heteroatoms. The number of carbonyl (C=O) groups is 2. The van der Waals surface area contributed by atoms with Crippen molar-refractivity contribution in [1.82, 2.24) is 15.1 Å². The molecule has 0 radical (unpaired) electrons. The maximum atomic E-state index is 12.6. The van der Waals surface area contributed by atoms with E-state index in [-0.39, 0.29) is 30.3 Å². The van der Waals surface area contributed by atoms with Crippen LogP contribution in [0.1, 0.15) is 32.1 Å². The van der Waals surface area contributed by atoms with Gasteiger partial charge in [0.05, 0.1) is 6.54 Å². The summed E-state index contributed by atoms with van der Waals surface area (Å²) in [7, 11) is 0. The van der Waals surface area contributed by atoms with Gasteiger partial charge in [0.1, 0.15) is 0 Å². The maximum absolute atomic E-state index is 12.6. The first-order valence-electron chi connectivity index (χ1n) is 8.09. The van der Waals surface area contributed by atoms with Crippen LogP contribution in [-0.2, 0) is 9.59 Å². The maximum Gasteiger partial charge on any atom is 0.303 e. The van der Waals surface area contributed by atoms with Crippen LogP contribution in [0.5, 0.6) is 0 Å². The Kier molecular flexibility index (Phi) is 4.45. The van der Waals surface area contributed by atoms with E-state index in [9.17, 15) is 9.59 Å². The fourth-order valence-corrected chi connectivity index (χ4v) is 4.25. The Balaban J connectivity index is 1.56. The van der Waals surface area contributed by atoms with Crippen molar-refractivity contribution in [2.24, 2.45) is 5.92 Å². The highest BCUT2D eigenvalue weighted by atomic mass is 16.4. The number of amides is 1. The van der Waals surface area contributed by atoms with Gasteiger partial charge in [-0.05, 0) is 31.6 Å². The Labute approximate surface area is 125 Å². The lowest BCUT2D eigenvalue weighted by atomic mass is 9.88. The van der Waals surface area contributed by atoms with Crippen molar-refractivity contribution in [2.75, 3.05) is 32.7 Å². The minimum absolute atomic E-state index is 0.248. The van der Waals surface area contributed by atoms with Crippen LogP contribution in [0.4, 0.5) is 0 Å². The first-order valence-corrected chi connectivity index (χ1v) is 8.09. The molecule has 21 heavy (non-hydrogen) atoms. The minimum atomic E-state index is -0.708. The molecule has 3 fully saturated rings. The van der Waals surface area contributed by atoms with E-state index in [1.54, 1.807) is 0 Å². The highest BCUT2D eigenvalue weighted by Gasteiger charge is 2.43. The van der Waals surface area contributed by atoms with Crippen molar-refractivity contribution in [3.63, 3.8) is 0 Å². The summed E-state index contributed by atoms with van der Waals surface area (Å²) in [6, 6.07) is 0.562. The van der Waals surface area contributed by atoms with Gasteiger partial charge >= 0.3 is 5.97 Å². The number of piperidine rings is 1. The monoisotopic (exact) mass is 295 g/mol. The first kappa shape index (κ1) is 14.8. The molecule has 0 aromatic heterocycles. The number of carboxylic acid groups (broad SMARTS) is 1. The van der Waals surface area contributed by atoms with E-state index in [1.165, 1.54) is 0 Å². The average molecular weight is 295 g/mol. The van der Waals surface area contributed by atoms with Crippen molar-refractivity contribution >= 4 is 11.9 Å². The van der Waals surface area contributed by atoms with Crippen LogP contribution in [0.3, 0.4) is 0 Å². The number of carbonyl (C=O) groups excluding carboxylic acids is 1. The quantitative estimate of drug-likeness (QED) is 0.771. The zero-order valence-corrected chi connectivity index (χ0v) is 12.5. The molecular formula is C15H25N3O3. The number of piperazine rings is 1. The summed E-state index contributed by atoms with van der Waals surface area (Å²) in [6.07, 6.45) is 4.10. The highest BCUT2D eigenvalue weighted by Crippen LogP contribution is 2.39. The molecule has 0 spiro atoms. The Bertz CT molecular complexity index is 395. The Morgan fingerprint density at radius 2 is 1.71 bits per heavy atom. The van der Waals surface area contributed by atoms with Gasteiger partial charge in [-0.1, -0.05) is 0 Å². The van der Waals surface area contributed by atoms with Gasteiger partial charge in [-0.25, -0.2) is 0 Å². The molecule has 3 heterocycles. The fraction of sp³-hybridized carbons (Fsp3) is 0.867. The van der Waals surface area contributed by atoms with E-state index >= 15 is 0 Å². The van der Waals surface area contributed by atoms with Crippen molar-refractivity contribution in [2.45, 2.75) is 44.2 Å². The van der Waals surface area contributed by atoms with Gasteiger partial charge in [-0.2, -0.15) is 0 Å². The predicted molar refractivity (Wildman–Crippen MR) is 77.9 cm³/mol. The van der Waals surface area contributed by atoms with Crippen LogP contribution in [0, 0.1) is 5.92 Å². The Morgan fingerprint density at radius 3 is 2.29 bits per heavy atom. The predicted octanol–water partition coefficient (Wildman–Crippen LogP) is 0.136.